The second-order valence-corrected chi connectivity index (χ2v) is 11.2. The molecule has 4 heterocycles. The Morgan fingerprint density at radius 2 is 1.80 bits per heavy atom. The molecule has 1 saturated carbocycles. The van der Waals surface area contributed by atoms with Gasteiger partial charge >= 0.3 is 5.97 Å². The van der Waals surface area contributed by atoms with E-state index >= 15 is 8.78 Å². The number of carbonyl (C=O) groups is 1. The van der Waals surface area contributed by atoms with Crippen molar-refractivity contribution in [3.63, 3.8) is 0 Å². The van der Waals surface area contributed by atoms with Crippen molar-refractivity contribution in [2.45, 2.75) is 43.9 Å². The number of alkyl halides is 2. The Balaban J connectivity index is 1.25. The van der Waals surface area contributed by atoms with Gasteiger partial charge in [-0.25, -0.2) is 18.2 Å². The van der Waals surface area contributed by atoms with E-state index in [1.807, 2.05) is 19.1 Å². The number of halogens is 3. The summed E-state index contributed by atoms with van der Waals surface area (Å²) in [6.45, 7) is 2.15. The number of nitrogens with zero attached hydrogens (tertiary/aromatic N) is 5. The SMILES string of the molecule is C[C@@H]1c2ccccc2C(F)CN1C(O)c1cc(N2CC(F)C2)n2nc(-c3ccc([C@H]4C[C@@H]4C(=O)O)cc3F)cc2n1. The molecular weight excluding hydrogens is 535 g/mol. The normalized spacial score (nSPS) is 25.1. The van der Waals surface area contributed by atoms with Crippen molar-refractivity contribution in [2.24, 2.45) is 5.92 Å². The van der Waals surface area contributed by atoms with E-state index in [0.29, 0.717) is 34.7 Å². The zero-order valence-corrected chi connectivity index (χ0v) is 22.2. The summed E-state index contributed by atoms with van der Waals surface area (Å²) < 4.78 is 45.7. The molecule has 2 aliphatic heterocycles. The number of aromatic nitrogens is 3. The number of rotatable bonds is 6. The molecule has 0 amide bonds. The van der Waals surface area contributed by atoms with Crippen molar-refractivity contribution in [1.29, 1.82) is 0 Å². The molecule has 2 fully saturated rings. The fourth-order valence-electron chi connectivity index (χ4n) is 6.16. The molecule has 1 saturated heterocycles. The van der Waals surface area contributed by atoms with Gasteiger partial charge in [-0.3, -0.25) is 9.69 Å². The largest absolute Gasteiger partial charge is 0.481 e. The maximum Gasteiger partial charge on any atom is 0.307 e. The Hall–Kier alpha value is -3.96. The molecule has 1 aliphatic carbocycles. The van der Waals surface area contributed by atoms with Gasteiger partial charge in [0.05, 0.1) is 30.4 Å². The zero-order chi connectivity index (χ0) is 28.6. The van der Waals surface area contributed by atoms with Crippen LogP contribution in [0.3, 0.4) is 0 Å². The fraction of sp³-hybridized carbons (Fsp3) is 0.367. The Morgan fingerprint density at radius 1 is 1.05 bits per heavy atom. The lowest BCUT2D eigenvalue weighted by Gasteiger charge is -2.40. The van der Waals surface area contributed by atoms with Crippen molar-refractivity contribution in [2.75, 3.05) is 24.5 Å². The number of aliphatic hydroxyl groups excluding tert-OH is 1. The van der Waals surface area contributed by atoms with E-state index in [0.717, 1.165) is 5.56 Å². The highest BCUT2D eigenvalue weighted by Crippen LogP contribution is 2.48. The molecule has 8 nitrogen and oxygen atoms in total. The predicted molar refractivity (Wildman–Crippen MR) is 144 cm³/mol. The molecule has 212 valence electrons. The molecule has 41 heavy (non-hydrogen) atoms. The van der Waals surface area contributed by atoms with E-state index in [-0.39, 0.29) is 42.9 Å². The Bertz CT molecular complexity index is 1670. The summed E-state index contributed by atoms with van der Waals surface area (Å²) >= 11 is 0. The van der Waals surface area contributed by atoms with Crippen LogP contribution < -0.4 is 4.90 Å². The van der Waals surface area contributed by atoms with Crippen molar-refractivity contribution >= 4 is 17.4 Å². The van der Waals surface area contributed by atoms with Gasteiger partial charge in [-0.2, -0.15) is 9.61 Å². The molecule has 0 bridgehead atoms. The topological polar surface area (TPSA) is 94.2 Å². The minimum absolute atomic E-state index is 0.0242. The van der Waals surface area contributed by atoms with Crippen LogP contribution in [0.4, 0.5) is 19.0 Å². The molecule has 5 atom stereocenters. The van der Waals surface area contributed by atoms with E-state index in [4.69, 9.17) is 0 Å². The number of hydrogen-bond donors (Lipinski definition) is 2. The molecule has 2 aromatic heterocycles. The molecule has 0 radical (unpaired) electrons. The van der Waals surface area contributed by atoms with Crippen molar-refractivity contribution in [1.82, 2.24) is 19.5 Å². The van der Waals surface area contributed by atoms with Gasteiger partial charge in [0.1, 0.15) is 24.0 Å². The van der Waals surface area contributed by atoms with Gasteiger partial charge in [0, 0.05) is 30.3 Å². The summed E-state index contributed by atoms with van der Waals surface area (Å²) in [5.74, 6) is -1.63. The summed E-state index contributed by atoms with van der Waals surface area (Å²) in [4.78, 5) is 19.3. The molecular formula is C30H28F3N5O3. The zero-order valence-electron chi connectivity index (χ0n) is 22.2. The molecule has 2 aromatic carbocycles. The van der Waals surface area contributed by atoms with Crippen LogP contribution in [0, 0.1) is 11.7 Å². The molecule has 2 unspecified atom stereocenters. The number of carboxylic acid groups (broad SMARTS) is 1. The third-order valence-corrected chi connectivity index (χ3v) is 8.62. The second kappa shape index (κ2) is 9.56. The molecule has 2 N–H and O–H groups in total. The van der Waals surface area contributed by atoms with Crippen LogP contribution in [0.5, 0.6) is 0 Å². The van der Waals surface area contributed by atoms with Crippen molar-refractivity contribution in [3.8, 4) is 11.3 Å². The summed E-state index contributed by atoms with van der Waals surface area (Å²) in [6, 6.07) is 14.8. The summed E-state index contributed by atoms with van der Waals surface area (Å²) in [5.41, 5.74) is 3.12. The van der Waals surface area contributed by atoms with Gasteiger partial charge in [0.25, 0.3) is 0 Å². The van der Waals surface area contributed by atoms with Crippen LogP contribution in [0.15, 0.2) is 54.6 Å². The minimum Gasteiger partial charge on any atom is -0.481 e. The first-order chi connectivity index (χ1) is 19.7. The maximum absolute atomic E-state index is 15.3. The summed E-state index contributed by atoms with van der Waals surface area (Å²) in [5, 5.41) is 25.2. The lowest BCUT2D eigenvalue weighted by atomic mass is 9.92. The molecule has 4 aromatic rings. The van der Waals surface area contributed by atoms with Gasteiger partial charge in [-0.15, -0.1) is 0 Å². The Labute approximate surface area is 233 Å². The van der Waals surface area contributed by atoms with Gasteiger partial charge in [0.15, 0.2) is 11.9 Å². The first kappa shape index (κ1) is 26.0. The molecule has 0 spiro atoms. The third kappa shape index (κ3) is 4.34. The van der Waals surface area contributed by atoms with Gasteiger partial charge in [-0.05, 0) is 48.1 Å². The minimum atomic E-state index is -1.28. The Kier molecular flexibility index (Phi) is 6.05. The number of aliphatic hydroxyl groups is 1. The highest BCUT2D eigenvalue weighted by atomic mass is 19.1. The second-order valence-electron chi connectivity index (χ2n) is 11.2. The number of carboxylic acids is 1. The summed E-state index contributed by atoms with van der Waals surface area (Å²) in [6.07, 6.45) is -3.05. The highest BCUT2D eigenvalue weighted by molar-refractivity contribution is 5.75. The van der Waals surface area contributed by atoms with Crippen LogP contribution in [-0.4, -0.2) is 61.5 Å². The van der Waals surface area contributed by atoms with Crippen LogP contribution in [0.2, 0.25) is 0 Å². The van der Waals surface area contributed by atoms with E-state index in [1.54, 1.807) is 46.2 Å². The van der Waals surface area contributed by atoms with E-state index < -0.39 is 36.3 Å². The number of benzene rings is 2. The number of anilines is 1. The maximum atomic E-state index is 15.3. The van der Waals surface area contributed by atoms with Gasteiger partial charge in [-0.1, -0.05) is 30.3 Å². The first-order valence-corrected chi connectivity index (χ1v) is 13.7. The lowest BCUT2D eigenvalue weighted by molar-refractivity contribution is -0.138. The Morgan fingerprint density at radius 3 is 2.49 bits per heavy atom. The number of hydrogen-bond acceptors (Lipinski definition) is 6. The van der Waals surface area contributed by atoms with E-state index in [1.165, 1.54) is 10.6 Å². The van der Waals surface area contributed by atoms with Crippen molar-refractivity contribution in [3.05, 3.63) is 82.8 Å². The average Bonchev–Trinajstić information content (AvgIpc) is 3.64. The average molecular weight is 564 g/mol. The highest BCUT2D eigenvalue weighted by Gasteiger charge is 2.44. The smallest absolute Gasteiger partial charge is 0.307 e. The molecule has 7 rings (SSSR count). The van der Waals surface area contributed by atoms with Crippen LogP contribution >= 0.6 is 0 Å². The van der Waals surface area contributed by atoms with Crippen LogP contribution in [0.25, 0.3) is 16.9 Å². The molecule has 11 heteroatoms. The number of aliphatic carboxylic acids is 1. The van der Waals surface area contributed by atoms with Gasteiger partial charge in [0.2, 0.25) is 0 Å². The fourth-order valence-corrected chi connectivity index (χ4v) is 6.16. The van der Waals surface area contributed by atoms with Crippen LogP contribution in [-0.2, 0) is 4.79 Å². The van der Waals surface area contributed by atoms with Crippen LogP contribution in [0.1, 0.15) is 60.1 Å². The van der Waals surface area contributed by atoms with E-state index in [2.05, 4.69) is 10.1 Å². The van der Waals surface area contributed by atoms with Gasteiger partial charge < -0.3 is 15.1 Å². The quantitative estimate of drug-likeness (QED) is 0.343. The summed E-state index contributed by atoms with van der Waals surface area (Å²) in [7, 11) is 0. The van der Waals surface area contributed by atoms with Crippen molar-refractivity contribution < 1.29 is 28.2 Å². The third-order valence-electron chi connectivity index (χ3n) is 8.62. The van der Waals surface area contributed by atoms with E-state index in [9.17, 15) is 19.4 Å². The predicted octanol–water partition coefficient (Wildman–Crippen LogP) is 4.96. The first-order valence-electron chi connectivity index (χ1n) is 13.7. The molecule has 3 aliphatic rings. The number of fused-ring (bicyclic) bond motifs is 2. The standard InChI is InChI=1S/C30H28F3N5O3/c1-15-18-4-2-3-5-19(18)24(33)14-37(15)29(39)26-11-28(36-12-17(31)13-36)38-27(34-26)10-25(35-38)20-7-6-16(8-23(20)32)21-9-22(21)30(40)41/h2-8,10-11,15,17,21-22,24,29,39H,9,12-14H2,1H3,(H,40,41)/t15-,21-,22+,24?,29?/m1/s1. The lowest BCUT2D eigenvalue weighted by Crippen LogP contribution is -2.49. The monoisotopic (exact) mass is 563 g/mol.